The van der Waals surface area contributed by atoms with Crippen LogP contribution in [0.5, 0.6) is 0 Å². The molecular weight excluding hydrogens is 1320 g/mol. The van der Waals surface area contributed by atoms with E-state index in [4.69, 9.17) is 24.1 Å². The first-order valence-electron chi connectivity index (χ1n) is 41.7. The number of rotatable bonds is 46. The quantitative estimate of drug-likeness (QED) is 0.0276. The topological polar surface area (TPSA) is 55.4 Å². The molecule has 7 aromatic rings. The third-order valence-electron chi connectivity index (χ3n) is 24.3. The van der Waals surface area contributed by atoms with Crippen LogP contribution in [0, 0.1) is 21.5 Å². The van der Waals surface area contributed by atoms with Gasteiger partial charge in [0.25, 0.3) is 0 Å². The molecular formula is C93H141CoN10. The standard InChI is InChI=1S/C92H138N10.CH3.Co/c1-17-31-47-69(48-32-18-2)81-85-73-55-33-34-56-74(73)86(93-85)82(70(49-41-63-97(19-3)20-4)50-42-64-98(21-5)22-6)91-79-61-39-40-62-80(79)92(96(91)16)84(72(53-45-67-101(27-11)28-12)54-46-68-102(29-13)30-14)88-76-58-36-35-57-75(76)87(94-88)83(90-78-60-38-37-59-77(78)89(81)95(90)15)71(51-43-65-99(23-7)24-8)52-44-66-100(25-9)26-10;;/h33-40,55-62,69-72H,15-32,41-54,63-68H2,1-14H3;1H3;/q-2;-1;+3. The van der Waals surface area contributed by atoms with E-state index in [0.29, 0.717) is 0 Å². The van der Waals surface area contributed by atoms with E-state index < -0.39 is 0 Å². The van der Waals surface area contributed by atoms with E-state index in [9.17, 15) is 0 Å². The first-order valence-corrected chi connectivity index (χ1v) is 41.7. The van der Waals surface area contributed by atoms with Crippen molar-refractivity contribution >= 4 is 43.6 Å². The molecule has 0 unspecified atom stereocenters. The molecule has 8 bridgehead atoms. The molecule has 0 saturated heterocycles. The summed E-state index contributed by atoms with van der Waals surface area (Å²) < 4.78 is 5.02. The Morgan fingerprint density at radius 1 is 0.279 bits per heavy atom. The number of hydrogen-bond donors (Lipinski definition) is 0. The van der Waals surface area contributed by atoms with E-state index in [0.717, 1.165) is 255 Å². The Morgan fingerprint density at radius 3 is 0.625 bits per heavy atom. The molecule has 0 amide bonds. The van der Waals surface area contributed by atoms with Gasteiger partial charge in [0, 0.05) is 14.1 Å². The maximum atomic E-state index is 6.65. The van der Waals surface area contributed by atoms with Gasteiger partial charge in [-0.15, -0.1) is 22.1 Å². The van der Waals surface area contributed by atoms with Crippen LogP contribution in [0.3, 0.4) is 0 Å². The molecule has 2 aliphatic rings. The van der Waals surface area contributed by atoms with Gasteiger partial charge in [0.15, 0.2) is 0 Å². The van der Waals surface area contributed by atoms with Gasteiger partial charge < -0.3 is 55.9 Å². The van der Waals surface area contributed by atoms with E-state index in [1.807, 2.05) is 0 Å². The Kier molecular flexibility index (Phi) is 35.9. The Bertz CT molecular complexity index is 3780. The summed E-state index contributed by atoms with van der Waals surface area (Å²) in [6.07, 6.45) is 19.6. The zero-order chi connectivity index (χ0) is 72.7. The fourth-order valence-corrected chi connectivity index (χ4v) is 18.1. The van der Waals surface area contributed by atoms with Crippen LogP contribution in [0.1, 0.15) is 258 Å². The maximum absolute atomic E-state index is 6.65. The second-order valence-corrected chi connectivity index (χ2v) is 29.8. The van der Waals surface area contributed by atoms with Gasteiger partial charge in [0.05, 0.1) is 0 Å². The van der Waals surface area contributed by atoms with Crippen molar-refractivity contribution in [3.05, 3.63) is 141 Å². The van der Waals surface area contributed by atoms with E-state index in [1.54, 1.807) is 0 Å². The molecule has 11 heteroatoms. The largest absolute Gasteiger partial charge is 3.00 e. The monoisotopic (exact) mass is 1460 g/mol. The summed E-state index contributed by atoms with van der Waals surface area (Å²) in [6.45, 7) is 51.9. The van der Waals surface area contributed by atoms with Gasteiger partial charge in [-0.3, -0.25) is 0 Å². The van der Waals surface area contributed by atoms with Crippen LogP contribution < -0.4 is 19.1 Å². The molecule has 0 fully saturated rings. The predicted molar refractivity (Wildman–Crippen MR) is 448 cm³/mol. The first kappa shape index (κ1) is 85.8. The summed E-state index contributed by atoms with van der Waals surface area (Å²) in [5.74, 6) is 0.769. The van der Waals surface area contributed by atoms with Crippen molar-refractivity contribution in [3.8, 4) is 45.0 Å². The van der Waals surface area contributed by atoms with Crippen molar-refractivity contribution < 1.29 is 25.9 Å². The molecule has 572 valence electrons. The summed E-state index contributed by atoms with van der Waals surface area (Å²) in [6, 6.07) is 38.1. The summed E-state index contributed by atoms with van der Waals surface area (Å²) in [5.41, 5.74) is 20.0. The Morgan fingerprint density at radius 2 is 0.452 bits per heavy atom. The first-order chi connectivity index (χ1) is 49.9. The molecule has 0 aliphatic carbocycles. The molecule has 0 saturated carbocycles. The molecule has 10 nitrogen and oxygen atoms in total. The van der Waals surface area contributed by atoms with Crippen LogP contribution in [-0.4, -0.2) is 147 Å². The number of benzene rings is 4. The summed E-state index contributed by atoms with van der Waals surface area (Å²) in [5, 5.41) is 5.00. The smallest absolute Gasteiger partial charge is 0.658 e. The van der Waals surface area contributed by atoms with E-state index in [-0.39, 0.29) is 47.9 Å². The third-order valence-corrected chi connectivity index (χ3v) is 24.3. The van der Waals surface area contributed by atoms with Crippen molar-refractivity contribution in [2.75, 3.05) is 118 Å². The molecule has 4 aromatic carbocycles. The van der Waals surface area contributed by atoms with Crippen molar-refractivity contribution in [1.82, 2.24) is 39.4 Å². The van der Waals surface area contributed by atoms with E-state index in [2.05, 4.69) is 233 Å². The van der Waals surface area contributed by atoms with E-state index in [1.165, 1.54) is 88.8 Å². The molecule has 2 aliphatic heterocycles. The van der Waals surface area contributed by atoms with Crippen LogP contribution in [0.25, 0.3) is 88.6 Å². The van der Waals surface area contributed by atoms with Crippen molar-refractivity contribution in [3.63, 3.8) is 0 Å². The van der Waals surface area contributed by atoms with Gasteiger partial charge in [-0.1, -0.05) is 220 Å². The normalized spacial score (nSPS) is 12.4. The zero-order valence-corrected chi connectivity index (χ0v) is 69.3. The van der Waals surface area contributed by atoms with Crippen molar-refractivity contribution in [1.29, 1.82) is 0 Å². The van der Waals surface area contributed by atoms with Crippen LogP contribution in [0.4, 0.5) is 0 Å². The van der Waals surface area contributed by atoms with Gasteiger partial charge in [-0.05, 0) is 297 Å². The van der Waals surface area contributed by atoms with Crippen LogP contribution in [-0.2, 0) is 16.8 Å². The molecule has 3 aromatic heterocycles. The molecule has 104 heavy (non-hydrogen) atoms. The Hall–Kier alpha value is -5.47. The van der Waals surface area contributed by atoms with Crippen LogP contribution in [0.2, 0.25) is 0 Å². The molecule has 0 spiro atoms. The summed E-state index contributed by atoms with van der Waals surface area (Å²) >= 11 is 0. The predicted octanol–water partition coefficient (Wildman–Crippen LogP) is 21.5. The maximum Gasteiger partial charge on any atom is 3.00 e. The Balaban J connectivity index is 0.00000756. The second-order valence-electron chi connectivity index (χ2n) is 29.8. The molecule has 0 N–H and O–H groups in total. The minimum absolute atomic E-state index is 0. The van der Waals surface area contributed by atoms with Gasteiger partial charge in [0.2, 0.25) is 0 Å². The number of fused-ring (bicyclic) bond motifs is 20. The number of aromatic nitrogens is 4. The van der Waals surface area contributed by atoms with Crippen molar-refractivity contribution in [2.45, 2.75) is 236 Å². The van der Waals surface area contributed by atoms with Crippen LogP contribution in [0.15, 0.2) is 97.1 Å². The Labute approximate surface area is 644 Å². The number of unbranched alkanes of at least 4 members (excludes halogenated alkanes) is 2. The minimum Gasteiger partial charge on any atom is -0.658 e. The van der Waals surface area contributed by atoms with Gasteiger partial charge in [-0.2, -0.15) is 0 Å². The van der Waals surface area contributed by atoms with Crippen LogP contribution >= 0.6 is 0 Å². The third kappa shape index (κ3) is 19.9. The van der Waals surface area contributed by atoms with E-state index >= 15 is 0 Å². The molecule has 0 radical (unpaired) electrons. The molecule has 0 atom stereocenters. The fourth-order valence-electron chi connectivity index (χ4n) is 18.1. The van der Waals surface area contributed by atoms with Gasteiger partial charge >= 0.3 is 16.8 Å². The minimum atomic E-state index is 0. The zero-order valence-electron chi connectivity index (χ0n) is 68.2. The molecule has 5 heterocycles. The van der Waals surface area contributed by atoms with Gasteiger partial charge in [-0.25, -0.2) is 0 Å². The van der Waals surface area contributed by atoms with Crippen molar-refractivity contribution in [2.24, 2.45) is 0 Å². The average molecular weight is 1460 g/mol. The second kappa shape index (κ2) is 43.5. The average Bonchev–Trinajstić information content (AvgIpc) is 1.55. The number of nitrogens with zero attached hydrogens (tertiary/aromatic N) is 10. The summed E-state index contributed by atoms with van der Waals surface area (Å²) in [4.78, 5) is 29.1. The summed E-state index contributed by atoms with van der Waals surface area (Å²) in [7, 11) is 11.1. The number of hydrogen-bond acceptors (Lipinski definition) is 6. The molecule has 9 rings (SSSR count). The fraction of sp³-hybridized carbons (Fsp3) is 0.581. The van der Waals surface area contributed by atoms with Gasteiger partial charge in [0.1, 0.15) is 22.8 Å². The SMILES string of the molecule is [CH2-][n+]1c2c(C(CCCC)CCCC)c3[n-]c(c(C(CCCN(CC)CC)CCCN(CC)CC)c4[n+]([CH2-])c(c(C(CCCN(CC)CC)CCCN(CC)CC)c5[n-]c(c(C(CCCN(CC)CC)CCCN(CC)CC)c1-c1ccccc1-2)c1ccccc51)-c1ccccc1-4)c1ccccc31.[CH3-].[Co+3].